The Morgan fingerprint density at radius 3 is 2.20 bits per heavy atom. The Hall–Kier alpha value is -1.20. The fourth-order valence-corrected chi connectivity index (χ4v) is 2.69. The third kappa shape index (κ3) is 0.992. The molecule has 0 aromatic heterocycles. The molecule has 2 bridgehead atoms. The van der Waals surface area contributed by atoms with E-state index in [9.17, 15) is 9.59 Å². The number of rotatable bonds is 2. The van der Waals surface area contributed by atoms with E-state index in [1.54, 1.807) is 0 Å². The van der Waals surface area contributed by atoms with E-state index in [0.717, 1.165) is 4.90 Å². The monoisotopic (exact) mass is 209 g/mol. The van der Waals surface area contributed by atoms with Crippen molar-refractivity contribution in [3.63, 3.8) is 0 Å². The number of fused-ring (bicyclic) bond motifs is 5. The maximum atomic E-state index is 11.9. The van der Waals surface area contributed by atoms with Crippen LogP contribution in [0.4, 0.5) is 0 Å². The van der Waals surface area contributed by atoms with Gasteiger partial charge in [0.05, 0.1) is 37.2 Å². The molecule has 5 nitrogen and oxygen atoms in total. The second-order valence-corrected chi connectivity index (χ2v) is 4.05. The Balaban J connectivity index is 1.93. The van der Waals surface area contributed by atoms with E-state index in [4.69, 9.17) is 9.84 Å². The van der Waals surface area contributed by atoms with Gasteiger partial charge in [-0.1, -0.05) is 12.2 Å². The van der Waals surface area contributed by atoms with Gasteiger partial charge in [-0.25, -0.2) is 0 Å². The Morgan fingerprint density at radius 1 is 1.20 bits per heavy atom. The van der Waals surface area contributed by atoms with Gasteiger partial charge in [0.15, 0.2) is 0 Å². The summed E-state index contributed by atoms with van der Waals surface area (Å²) >= 11 is 0. The molecule has 0 aliphatic carbocycles. The van der Waals surface area contributed by atoms with Crippen molar-refractivity contribution in [3.05, 3.63) is 12.2 Å². The minimum Gasteiger partial charge on any atom is -0.395 e. The second kappa shape index (κ2) is 2.90. The van der Waals surface area contributed by atoms with Gasteiger partial charge in [-0.05, 0) is 0 Å². The van der Waals surface area contributed by atoms with Crippen LogP contribution >= 0.6 is 0 Å². The average molecular weight is 209 g/mol. The molecule has 3 aliphatic heterocycles. The quantitative estimate of drug-likeness (QED) is 0.464. The van der Waals surface area contributed by atoms with Gasteiger partial charge >= 0.3 is 0 Å². The number of β-amino-alcohol motifs (C(OH)–C–C–N with tert-alkyl or cyclic N) is 1. The molecule has 0 aromatic carbocycles. The second-order valence-electron chi connectivity index (χ2n) is 4.05. The number of hydrogen-bond donors (Lipinski definition) is 1. The lowest BCUT2D eigenvalue weighted by molar-refractivity contribution is -0.142. The molecule has 0 saturated carbocycles. The highest BCUT2D eigenvalue weighted by molar-refractivity contribution is 6.06. The maximum Gasteiger partial charge on any atom is 0.236 e. The van der Waals surface area contributed by atoms with Gasteiger partial charge in [0.25, 0.3) is 0 Å². The smallest absolute Gasteiger partial charge is 0.236 e. The molecule has 3 aliphatic rings. The van der Waals surface area contributed by atoms with E-state index in [2.05, 4.69) is 0 Å². The molecular weight excluding hydrogens is 198 g/mol. The minimum absolute atomic E-state index is 0.101. The lowest BCUT2D eigenvalue weighted by Crippen LogP contribution is -2.36. The molecule has 3 heterocycles. The van der Waals surface area contributed by atoms with Crippen LogP contribution in [0.15, 0.2) is 12.2 Å². The van der Waals surface area contributed by atoms with Crippen molar-refractivity contribution in [3.8, 4) is 0 Å². The van der Waals surface area contributed by atoms with E-state index in [0.29, 0.717) is 0 Å². The summed E-state index contributed by atoms with van der Waals surface area (Å²) < 4.78 is 5.46. The van der Waals surface area contributed by atoms with Crippen LogP contribution in [0.1, 0.15) is 0 Å². The summed E-state index contributed by atoms with van der Waals surface area (Å²) in [4.78, 5) is 24.9. The van der Waals surface area contributed by atoms with Crippen LogP contribution in [0.2, 0.25) is 0 Å². The van der Waals surface area contributed by atoms with Gasteiger partial charge in [-0.3, -0.25) is 14.5 Å². The summed E-state index contributed by atoms with van der Waals surface area (Å²) in [5.41, 5.74) is 0. The number of aliphatic hydroxyl groups is 1. The number of carbonyl (C=O) groups excluding carboxylic acids is 2. The first-order chi connectivity index (χ1) is 7.24. The number of aliphatic hydroxyl groups excluding tert-OH is 1. The van der Waals surface area contributed by atoms with Gasteiger partial charge in [-0.2, -0.15) is 0 Å². The van der Waals surface area contributed by atoms with Gasteiger partial charge in [0, 0.05) is 0 Å². The molecule has 2 fully saturated rings. The summed E-state index contributed by atoms with van der Waals surface area (Å²) in [6, 6.07) is 0. The topological polar surface area (TPSA) is 66.8 Å². The van der Waals surface area contributed by atoms with Crippen molar-refractivity contribution in [1.82, 2.24) is 4.90 Å². The van der Waals surface area contributed by atoms with Crippen LogP contribution in [-0.2, 0) is 14.3 Å². The molecule has 15 heavy (non-hydrogen) atoms. The lowest BCUT2D eigenvalue weighted by Gasteiger charge is -2.15. The Bertz CT molecular complexity index is 334. The number of imide groups is 1. The van der Waals surface area contributed by atoms with E-state index < -0.39 is 0 Å². The fraction of sp³-hybridized carbons (Fsp3) is 0.600. The van der Waals surface area contributed by atoms with Gasteiger partial charge in [0.2, 0.25) is 11.8 Å². The highest BCUT2D eigenvalue weighted by Gasteiger charge is 2.60. The summed E-state index contributed by atoms with van der Waals surface area (Å²) in [5, 5.41) is 8.78. The molecule has 1 N–H and O–H groups in total. The standard InChI is InChI=1S/C10H11NO4/c12-4-3-11-9(13)7-5-1-2-6(15-5)8(7)10(11)14/h1-2,5-8,12H,3-4H2/t5?,6?,7-,8?/m1/s1. The predicted molar refractivity (Wildman–Crippen MR) is 48.6 cm³/mol. The van der Waals surface area contributed by atoms with Gasteiger partial charge in [0.1, 0.15) is 0 Å². The Kier molecular flexibility index (Phi) is 1.75. The van der Waals surface area contributed by atoms with Crippen LogP contribution in [-0.4, -0.2) is 47.2 Å². The SMILES string of the molecule is O=C1C2C3C=CC(O3)[C@H]2C(=O)N1CCO. The number of carbonyl (C=O) groups is 2. The zero-order valence-corrected chi connectivity index (χ0v) is 8.00. The van der Waals surface area contributed by atoms with Crippen molar-refractivity contribution >= 4 is 11.8 Å². The van der Waals surface area contributed by atoms with Gasteiger partial charge in [-0.15, -0.1) is 0 Å². The minimum atomic E-state index is -0.348. The number of nitrogens with zero attached hydrogens (tertiary/aromatic N) is 1. The van der Waals surface area contributed by atoms with E-state index >= 15 is 0 Å². The molecule has 5 heteroatoms. The molecule has 3 rings (SSSR count). The summed E-state index contributed by atoms with van der Waals surface area (Å²) in [6.07, 6.45) is 3.22. The van der Waals surface area contributed by atoms with Crippen molar-refractivity contribution < 1.29 is 19.4 Å². The average Bonchev–Trinajstić information content (AvgIpc) is 2.87. The molecule has 3 unspecified atom stereocenters. The third-order valence-corrected chi connectivity index (χ3v) is 3.33. The normalized spacial score (nSPS) is 41.8. The number of amides is 2. The van der Waals surface area contributed by atoms with Crippen LogP contribution in [0.3, 0.4) is 0 Å². The number of likely N-dealkylation sites (tertiary alicyclic amines) is 1. The molecule has 0 aromatic rings. The van der Waals surface area contributed by atoms with E-state index in [1.165, 1.54) is 0 Å². The molecule has 4 atom stereocenters. The van der Waals surface area contributed by atoms with Crippen molar-refractivity contribution in [1.29, 1.82) is 0 Å². The van der Waals surface area contributed by atoms with Crippen molar-refractivity contribution in [2.24, 2.45) is 11.8 Å². The van der Waals surface area contributed by atoms with Crippen LogP contribution in [0.5, 0.6) is 0 Å². The number of hydrogen-bond acceptors (Lipinski definition) is 4. The largest absolute Gasteiger partial charge is 0.395 e. The van der Waals surface area contributed by atoms with Crippen LogP contribution in [0.25, 0.3) is 0 Å². The van der Waals surface area contributed by atoms with E-state index in [1.807, 2.05) is 12.2 Å². The molecule has 0 spiro atoms. The first-order valence-corrected chi connectivity index (χ1v) is 5.04. The number of ether oxygens (including phenoxy) is 1. The highest BCUT2D eigenvalue weighted by atomic mass is 16.5. The van der Waals surface area contributed by atoms with Crippen LogP contribution in [0, 0.1) is 11.8 Å². The Morgan fingerprint density at radius 2 is 1.73 bits per heavy atom. The van der Waals surface area contributed by atoms with Gasteiger partial charge < -0.3 is 9.84 Å². The summed E-state index contributed by atoms with van der Waals surface area (Å²) in [6.45, 7) is -0.0787. The first kappa shape index (κ1) is 9.06. The Labute approximate surface area is 86.3 Å². The molecule has 2 amide bonds. The fourth-order valence-electron chi connectivity index (χ4n) is 2.69. The lowest BCUT2D eigenvalue weighted by atomic mass is 9.85. The molecule has 2 saturated heterocycles. The zero-order chi connectivity index (χ0) is 10.6. The first-order valence-electron chi connectivity index (χ1n) is 5.04. The summed E-state index contributed by atoms with van der Waals surface area (Å²) in [7, 11) is 0. The molecular formula is C10H11NO4. The molecule has 80 valence electrons. The van der Waals surface area contributed by atoms with Crippen LogP contribution < -0.4 is 0 Å². The maximum absolute atomic E-state index is 11.9. The highest BCUT2D eigenvalue weighted by Crippen LogP contribution is 2.44. The van der Waals surface area contributed by atoms with E-state index in [-0.39, 0.29) is 49.0 Å². The van der Waals surface area contributed by atoms with Crippen molar-refractivity contribution in [2.45, 2.75) is 12.2 Å². The predicted octanol–water partition coefficient (Wildman–Crippen LogP) is -1.08. The molecule has 0 radical (unpaired) electrons. The summed E-state index contributed by atoms with van der Waals surface area (Å²) in [5.74, 6) is -1.09. The zero-order valence-electron chi connectivity index (χ0n) is 8.00. The van der Waals surface area contributed by atoms with Crippen molar-refractivity contribution in [2.75, 3.05) is 13.2 Å². The third-order valence-electron chi connectivity index (χ3n) is 3.33.